The number of anilines is 1. The van der Waals surface area contributed by atoms with E-state index in [4.69, 9.17) is 0 Å². The molecule has 0 aromatic heterocycles. The molecule has 1 N–H and O–H groups in total. The van der Waals surface area contributed by atoms with Gasteiger partial charge in [-0.1, -0.05) is 48.5 Å². The first-order valence-electron chi connectivity index (χ1n) is 9.39. The fourth-order valence-corrected chi connectivity index (χ4v) is 4.57. The van der Waals surface area contributed by atoms with Crippen molar-refractivity contribution in [2.24, 2.45) is 0 Å². The molecule has 1 atom stereocenters. The predicted octanol–water partition coefficient (Wildman–Crippen LogP) is 4.33. The second kappa shape index (κ2) is 8.58. The molecular weight excluding hydrogens is 429 g/mol. The summed E-state index contributed by atoms with van der Waals surface area (Å²) in [6.07, 6.45) is -3.79. The van der Waals surface area contributed by atoms with Crippen LogP contribution in [0.5, 0.6) is 0 Å². The number of halogens is 3. The number of nitrogens with zero attached hydrogens (tertiary/aromatic N) is 1. The molecule has 1 amide bonds. The Balaban J connectivity index is 1.85. The van der Waals surface area contributed by atoms with Crippen molar-refractivity contribution in [1.82, 2.24) is 5.32 Å². The number of hydrogen-bond donors (Lipinski definition) is 1. The molecule has 0 fully saturated rings. The van der Waals surface area contributed by atoms with Gasteiger partial charge < -0.3 is 5.32 Å². The number of nitrogens with one attached hydrogen (secondary N) is 1. The van der Waals surface area contributed by atoms with Crippen molar-refractivity contribution in [2.45, 2.75) is 25.7 Å². The minimum absolute atomic E-state index is 0.144. The van der Waals surface area contributed by atoms with Crippen molar-refractivity contribution in [3.05, 3.63) is 77.9 Å². The fraction of sp³-hybridized carbons (Fsp3) is 0.227. The van der Waals surface area contributed by atoms with Gasteiger partial charge in [-0.3, -0.25) is 9.10 Å². The molecule has 3 aromatic carbocycles. The topological polar surface area (TPSA) is 66.5 Å². The zero-order valence-electron chi connectivity index (χ0n) is 16.8. The van der Waals surface area contributed by atoms with Crippen LogP contribution in [0.4, 0.5) is 18.9 Å². The third kappa shape index (κ3) is 5.16. The average Bonchev–Trinajstić information content (AvgIpc) is 2.70. The Morgan fingerprint density at radius 3 is 2.35 bits per heavy atom. The SMILES string of the molecule is CC(C(=O)NCc1cccc2ccccc12)N(c1cccc(C(F)(F)F)c1)S(C)(=O)=O. The minimum atomic E-state index is -4.64. The standard InChI is InChI=1S/C22H21F3N2O3S/c1-15(21(28)26-14-17-9-5-8-16-7-3-4-12-20(16)17)27(31(2,29)30)19-11-6-10-18(13-19)22(23,24)25/h3-13,15H,14H2,1-2H3,(H,26,28). The van der Waals surface area contributed by atoms with Gasteiger partial charge in [0.05, 0.1) is 17.5 Å². The van der Waals surface area contributed by atoms with Crippen LogP contribution in [0.1, 0.15) is 18.1 Å². The Morgan fingerprint density at radius 1 is 1.03 bits per heavy atom. The zero-order valence-corrected chi connectivity index (χ0v) is 17.7. The van der Waals surface area contributed by atoms with Crippen LogP contribution < -0.4 is 9.62 Å². The number of carbonyl (C=O) groups excluding carboxylic acids is 1. The molecular formula is C22H21F3N2O3S. The lowest BCUT2D eigenvalue weighted by molar-refractivity contribution is -0.137. The van der Waals surface area contributed by atoms with E-state index in [2.05, 4.69) is 5.32 Å². The number of benzene rings is 3. The van der Waals surface area contributed by atoms with Gasteiger partial charge in [-0.25, -0.2) is 8.42 Å². The number of sulfonamides is 1. The van der Waals surface area contributed by atoms with Gasteiger partial charge >= 0.3 is 6.18 Å². The van der Waals surface area contributed by atoms with E-state index in [1.807, 2.05) is 42.5 Å². The third-order valence-corrected chi connectivity index (χ3v) is 6.09. The van der Waals surface area contributed by atoms with Crippen LogP contribution in [0.2, 0.25) is 0 Å². The van der Waals surface area contributed by atoms with Gasteiger partial charge in [-0.2, -0.15) is 13.2 Å². The Labute approximate surface area is 178 Å². The highest BCUT2D eigenvalue weighted by Crippen LogP contribution is 2.32. The summed E-state index contributed by atoms with van der Waals surface area (Å²) in [5, 5.41) is 4.62. The Bertz CT molecular complexity index is 1200. The van der Waals surface area contributed by atoms with E-state index in [1.165, 1.54) is 13.0 Å². The number of hydrogen-bond acceptors (Lipinski definition) is 3. The van der Waals surface area contributed by atoms with Crippen molar-refractivity contribution in [2.75, 3.05) is 10.6 Å². The van der Waals surface area contributed by atoms with E-state index in [0.717, 1.165) is 40.8 Å². The highest BCUT2D eigenvalue weighted by Gasteiger charge is 2.34. The lowest BCUT2D eigenvalue weighted by Crippen LogP contribution is -2.47. The second-order valence-electron chi connectivity index (χ2n) is 7.14. The molecule has 0 aliphatic heterocycles. The number of amides is 1. The highest BCUT2D eigenvalue weighted by atomic mass is 32.2. The number of carbonyl (C=O) groups is 1. The van der Waals surface area contributed by atoms with Crippen LogP contribution in [0.3, 0.4) is 0 Å². The van der Waals surface area contributed by atoms with Crippen LogP contribution in [-0.2, 0) is 27.5 Å². The molecule has 164 valence electrons. The van der Waals surface area contributed by atoms with Crippen molar-refractivity contribution in [1.29, 1.82) is 0 Å². The smallest absolute Gasteiger partial charge is 0.350 e. The van der Waals surface area contributed by atoms with Gasteiger partial charge in [0.2, 0.25) is 15.9 Å². The van der Waals surface area contributed by atoms with Gasteiger partial charge in [-0.15, -0.1) is 0 Å². The molecule has 0 spiro atoms. The monoisotopic (exact) mass is 450 g/mol. The lowest BCUT2D eigenvalue weighted by Gasteiger charge is -2.28. The Kier molecular flexibility index (Phi) is 6.26. The maximum Gasteiger partial charge on any atom is 0.416 e. The maximum absolute atomic E-state index is 13.1. The van der Waals surface area contributed by atoms with E-state index in [9.17, 15) is 26.4 Å². The van der Waals surface area contributed by atoms with E-state index in [-0.39, 0.29) is 12.2 Å². The molecule has 0 saturated carbocycles. The summed E-state index contributed by atoms with van der Waals surface area (Å²) in [6.45, 7) is 1.48. The van der Waals surface area contributed by atoms with Crippen LogP contribution in [-0.4, -0.2) is 26.6 Å². The maximum atomic E-state index is 13.1. The minimum Gasteiger partial charge on any atom is -0.350 e. The first-order valence-corrected chi connectivity index (χ1v) is 11.2. The molecule has 0 radical (unpaired) electrons. The zero-order chi connectivity index (χ0) is 22.8. The molecule has 0 aliphatic carbocycles. The van der Waals surface area contributed by atoms with Gasteiger partial charge in [0.25, 0.3) is 0 Å². The second-order valence-corrected chi connectivity index (χ2v) is 9.00. The van der Waals surface area contributed by atoms with E-state index >= 15 is 0 Å². The van der Waals surface area contributed by atoms with Crippen LogP contribution >= 0.6 is 0 Å². The summed E-state index contributed by atoms with van der Waals surface area (Å²) in [6, 6.07) is 15.9. The van der Waals surface area contributed by atoms with Gasteiger partial charge in [-0.05, 0) is 41.5 Å². The summed E-state index contributed by atoms with van der Waals surface area (Å²) in [7, 11) is -4.04. The van der Waals surface area contributed by atoms with Crippen molar-refractivity contribution < 1.29 is 26.4 Å². The van der Waals surface area contributed by atoms with Crippen molar-refractivity contribution >= 4 is 32.4 Å². The fourth-order valence-electron chi connectivity index (χ4n) is 3.40. The third-order valence-electron chi connectivity index (χ3n) is 4.85. The molecule has 0 heterocycles. The summed E-state index contributed by atoms with van der Waals surface area (Å²) < 4.78 is 64.6. The Morgan fingerprint density at radius 2 is 1.68 bits per heavy atom. The number of rotatable bonds is 6. The number of fused-ring (bicyclic) bond motifs is 1. The normalized spacial score (nSPS) is 13.1. The van der Waals surface area contributed by atoms with Crippen LogP contribution in [0.15, 0.2) is 66.7 Å². The predicted molar refractivity (Wildman–Crippen MR) is 114 cm³/mol. The molecule has 9 heteroatoms. The number of alkyl halides is 3. The molecule has 3 aromatic rings. The molecule has 0 saturated heterocycles. The van der Waals surface area contributed by atoms with Crippen molar-refractivity contribution in [3.63, 3.8) is 0 Å². The summed E-state index contributed by atoms with van der Waals surface area (Å²) in [5.74, 6) is -0.629. The van der Waals surface area contributed by atoms with E-state index in [0.29, 0.717) is 4.31 Å². The van der Waals surface area contributed by atoms with Crippen LogP contribution in [0, 0.1) is 0 Å². The van der Waals surface area contributed by atoms with Gasteiger partial charge in [0.1, 0.15) is 6.04 Å². The molecule has 1 unspecified atom stereocenters. The first kappa shape index (κ1) is 22.6. The van der Waals surface area contributed by atoms with E-state index < -0.39 is 33.7 Å². The largest absolute Gasteiger partial charge is 0.416 e. The van der Waals surface area contributed by atoms with E-state index in [1.54, 1.807) is 0 Å². The lowest BCUT2D eigenvalue weighted by atomic mass is 10.0. The Hall–Kier alpha value is -3.07. The van der Waals surface area contributed by atoms with Crippen LogP contribution in [0.25, 0.3) is 10.8 Å². The molecule has 0 aliphatic rings. The molecule has 5 nitrogen and oxygen atoms in total. The average molecular weight is 450 g/mol. The highest BCUT2D eigenvalue weighted by molar-refractivity contribution is 7.92. The quantitative estimate of drug-likeness (QED) is 0.608. The summed E-state index contributed by atoms with van der Waals surface area (Å²) in [5.41, 5.74) is -0.393. The summed E-state index contributed by atoms with van der Waals surface area (Å²) >= 11 is 0. The summed E-state index contributed by atoms with van der Waals surface area (Å²) in [4.78, 5) is 12.8. The first-order chi connectivity index (χ1) is 14.5. The molecule has 3 rings (SSSR count). The van der Waals surface area contributed by atoms with Crippen molar-refractivity contribution in [3.8, 4) is 0 Å². The van der Waals surface area contributed by atoms with Gasteiger partial charge in [0.15, 0.2) is 0 Å². The molecule has 0 bridgehead atoms. The van der Waals surface area contributed by atoms with Gasteiger partial charge in [0, 0.05) is 6.54 Å². The molecule has 31 heavy (non-hydrogen) atoms.